The number of halogens is 1. The fraction of sp³-hybridized carbons (Fsp3) is 0.647. The van der Waals surface area contributed by atoms with Crippen molar-refractivity contribution in [2.75, 3.05) is 26.7 Å². The van der Waals surface area contributed by atoms with E-state index in [4.69, 9.17) is 0 Å². The molecule has 1 N–H and O–H groups in total. The van der Waals surface area contributed by atoms with Crippen LogP contribution >= 0.6 is 15.9 Å². The summed E-state index contributed by atoms with van der Waals surface area (Å²) in [7, 11) is 2.23. The fourth-order valence-electron chi connectivity index (χ4n) is 3.55. The Bertz CT molecular complexity index is 446. The lowest BCUT2D eigenvalue weighted by Gasteiger charge is -2.30. The summed E-state index contributed by atoms with van der Waals surface area (Å²) in [4.78, 5) is 2.44. The topological polar surface area (TPSA) is 15.3 Å². The molecule has 1 atom stereocenters. The first-order valence-corrected chi connectivity index (χ1v) is 8.74. The van der Waals surface area contributed by atoms with E-state index in [-0.39, 0.29) is 0 Å². The highest BCUT2D eigenvalue weighted by Crippen LogP contribution is 2.35. The summed E-state index contributed by atoms with van der Waals surface area (Å²) >= 11 is 3.82. The van der Waals surface area contributed by atoms with Crippen molar-refractivity contribution < 1.29 is 0 Å². The molecular weight excluding hydrogens is 312 g/mol. The fourth-order valence-corrected chi connectivity index (χ4v) is 4.27. The van der Waals surface area contributed by atoms with E-state index >= 15 is 0 Å². The monoisotopic (exact) mass is 336 g/mol. The molecule has 2 nitrogen and oxygen atoms in total. The number of hydrogen-bond acceptors (Lipinski definition) is 2. The zero-order chi connectivity index (χ0) is 13.9. The van der Waals surface area contributed by atoms with Gasteiger partial charge in [0, 0.05) is 10.5 Å². The molecule has 1 aromatic carbocycles. The first-order valence-electron chi connectivity index (χ1n) is 7.95. The largest absolute Gasteiger partial charge is 0.310 e. The van der Waals surface area contributed by atoms with Crippen LogP contribution in [0.15, 0.2) is 22.7 Å². The smallest absolute Gasteiger partial charge is 0.0320 e. The quantitative estimate of drug-likeness (QED) is 0.875. The number of benzene rings is 1. The Morgan fingerprint density at radius 1 is 1.15 bits per heavy atom. The summed E-state index contributed by atoms with van der Waals surface area (Å²) in [6.45, 7) is 3.62. The number of nitrogens with zero attached hydrogens (tertiary/aromatic N) is 1. The summed E-state index contributed by atoms with van der Waals surface area (Å²) in [6, 6.07) is 7.63. The predicted octanol–water partition coefficient (Wildman–Crippen LogP) is 4.07. The summed E-state index contributed by atoms with van der Waals surface area (Å²) in [5, 5.41) is 3.64. The zero-order valence-corrected chi connectivity index (χ0v) is 14.0. The Labute approximate surface area is 131 Å². The minimum atomic E-state index is 0.562. The summed E-state index contributed by atoms with van der Waals surface area (Å²) < 4.78 is 1.32. The van der Waals surface area contributed by atoms with E-state index in [1.165, 1.54) is 67.3 Å². The van der Waals surface area contributed by atoms with E-state index in [0.29, 0.717) is 6.04 Å². The molecule has 0 aromatic heterocycles. The van der Waals surface area contributed by atoms with Crippen LogP contribution in [0.3, 0.4) is 0 Å². The van der Waals surface area contributed by atoms with Gasteiger partial charge in [0.05, 0.1) is 0 Å². The Hall–Kier alpha value is -0.380. The Balaban J connectivity index is 1.73. The molecule has 1 aromatic rings. The average molecular weight is 337 g/mol. The van der Waals surface area contributed by atoms with Gasteiger partial charge in [-0.15, -0.1) is 0 Å². The summed E-state index contributed by atoms with van der Waals surface area (Å²) in [5.74, 6) is 0.731. The molecule has 0 bridgehead atoms. The van der Waals surface area contributed by atoms with Gasteiger partial charge in [-0.2, -0.15) is 0 Å². The molecule has 2 aliphatic rings. The molecule has 110 valence electrons. The molecule has 2 aliphatic heterocycles. The number of rotatable bonds is 2. The van der Waals surface area contributed by atoms with Crippen molar-refractivity contribution in [3.63, 3.8) is 0 Å². The van der Waals surface area contributed by atoms with Gasteiger partial charge >= 0.3 is 0 Å². The van der Waals surface area contributed by atoms with Gasteiger partial charge in [0.25, 0.3) is 0 Å². The summed E-state index contributed by atoms with van der Waals surface area (Å²) in [6.07, 6.45) is 6.53. The molecule has 20 heavy (non-hydrogen) atoms. The van der Waals surface area contributed by atoms with Gasteiger partial charge in [0.15, 0.2) is 0 Å². The molecule has 0 aliphatic carbocycles. The maximum Gasteiger partial charge on any atom is 0.0320 e. The van der Waals surface area contributed by atoms with E-state index in [1.807, 2.05) is 0 Å². The first kappa shape index (κ1) is 14.6. The number of piperidine rings is 2. The Kier molecular flexibility index (Phi) is 4.79. The van der Waals surface area contributed by atoms with E-state index < -0.39 is 0 Å². The third-order valence-electron chi connectivity index (χ3n) is 4.90. The normalized spacial score (nSPS) is 25.8. The molecular formula is C17H25BrN2. The van der Waals surface area contributed by atoms with Gasteiger partial charge in [-0.3, -0.25) is 0 Å². The van der Waals surface area contributed by atoms with Gasteiger partial charge in [-0.1, -0.05) is 34.5 Å². The molecule has 0 spiro atoms. The van der Waals surface area contributed by atoms with Crippen molar-refractivity contribution in [1.82, 2.24) is 10.2 Å². The van der Waals surface area contributed by atoms with Gasteiger partial charge in [0.2, 0.25) is 0 Å². The van der Waals surface area contributed by atoms with Crippen molar-refractivity contribution >= 4 is 15.9 Å². The number of likely N-dealkylation sites (tertiary alicyclic amines) is 1. The van der Waals surface area contributed by atoms with Crippen molar-refractivity contribution in [2.45, 2.75) is 44.1 Å². The second-order valence-electron chi connectivity index (χ2n) is 6.36. The third-order valence-corrected chi connectivity index (χ3v) is 5.58. The molecule has 2 saturated heterocycles. The second kappa shape index (κ2) is 6.59. The van der Waals surface area contributed by atoms with Gasteiger partial charge in [-0.25, -0.2) is 0 Å². The third kappa shape index (κ3) is 3.26. The first-order chi connectivity index (χ1) is 9.74. The summed E-state index contributed by atoms with van der Waals surface area (Å²) in [5.41, 5.74) is 2.96. The van der Waals surface area contributed by atoms with E-state index in [0.717, 1.165) is 5.92 Å². The van der Waals surface area contributed by atoms with Crippen LogP contribution in [0.2, 0.25) is 0 Å². The lowest BCUT2D eigenvalue weighted by molar-refractivity contribution is 0.255. The Morgan fingerprint density at radius 2 is 1.95 bits per heavy atom. The molecule has 3 heteroatoms. The Morgan fingerprint density at radius 3 is 2.60 bits per heavy atom. The lowest BCUT2D eigenvalue weighted by atomic mass is 9.88. The van der Waals surface area contributed by atoms with Crippen molar-refractivity contribution in [3.05, 3.63) is 33.8 Å². The van der Waals surface area contributed by atoms with E-state index in [1.54, 1.807) is 0 Å². The molecule has 2 fully saturated rings. The van der Waals surface area contributed by atoms with Crippen molar-refractivity contribution in [1.29, 1.82) is 0 Å². The molecule has 3 rings (SSSR count). The van der Waals surface area contributed by atoms with Crippen molar-refractivity contribution in [2.24, 2.45) is 0 Å². The molecule has 0 saturated carbocycles. The predicted molar refractivity (Wildman–Crippen MR) is 88.2 cm³/mol. The van der Waals surface area contributed by atoms with Crippen LogP contribution in [0.25, 0.3) is 0 Å². The van der Waals surface area contributed by atoms with Gasteiger partial charge in [-0.05, 0) is 75.5 Å². The zero-order valence-electron chi connectivity index (χ0n) is 12.4. The van der Waals surface area contributed by atoms with Crippen LogP contribution < -0.4 is 5.32 Å². The molecule has 2 heterocycles. The van der Waals surface area contributed by atoms with E-state index in [9.17, 15) is 0 Å². The standard InChI is InChI=1S/C17H25BrN2/c1-20-10-7-13(8-11-20)15-6-5-14(12-16(15)18)17-4-2-3-9-19-17/h5-6,12-13,17,19H,2-4,7-11H2,1H3. The number of hydrogen-bond donors (Lipinski definition) is 1. The maximum absolute atomic E-state index is 3.82. The van der Waals surface area contributed by atoms with Gasteiger partial charge < -0.3 is 10.2 Å². The van der Waals surface area contributed by atoms with Crippen molar-refractivity contribution in [3.8, 4) is 0 Å². The lowest BCUT2D eigenvalue weighted by Crippen LogP contribution is -2.29. The molecule has 0 radical (unpaired) electrons. The van der Waals surface area contributed by atoms with Crippen LogP contribution in [-0.2, 0) is 0 Å². The second-order valence-corrected chi connectivity index (χ2v) is 7.22. The van der Waals surface area contributed by atoms with Crippen LogP contribution in [0.5, 0.6) is 0 Å². The minimum absolute atomic E-state index is 0.562. The van der Waals surface area contributed by atoms with Crippen LogP contribution in [0.1, 0.15) is 55.2 Å². The highest BCUT2D eigenvalue weighted by molar-refractivity contribution is 9.10. The van der Waals surface area contributed by atoms with Crippen LogP contribution in [0.4, 0.5) is 0 Å². The SMILES string of the molecule is CN1CCC(c2ccc(C3CCCCN3)cc2Br)CC1. The maximum atomic E-state index is 3.82. The van der Waals surface area contributed by atoms with E-state index in [2.05, 4.69) is 51.4 Å². The molecule has 1 unspecified atom stereocenters. The van der Waals surface area contributed by atoms with Crippen LogP contribution in [-0.4, -0.2) is 31.6 Å². The van der Waals surface area contributed by atoms with Gasteiger partial charge in [0.1, 0.15) is 0 Å². The molecule has 0 amide bonds. The highest BCUT2D eigenvalue weighted by Gasteiger charge is 2.21. The minimum Gasteiger partial charge on any atom is -0.310 e. The average Bonchev–Trinajstić information content (AvgIpc) is 2.49. The highest BCUT2D eigenvalue weighted by atomic mass is 79.9. The number of nitrogens with one attached hydrogen (secondary N) is 1. The van der Waals surface area contributed by atoms with Crippen LogP contribution in [0, 0.1) is 0 Å².